The van der Waals surface area contributed by atoms with Crippen molar-refractivity contribution in [2.24, 2.45) is 0 Å². The van der Waals surface area contributed by atoms with E-state index in [-0.39, 0.29) is 0 Å². The molecule has 0 aliphatic carbocycles. The molecule has 1 N–H and O–H groups in total. The molecule has 0 aliphatic heterocycles. The van der Waals surface area contributed by atoms with Gasteiger partial charge in [-0.25, -0.2) is 0 Å². The summed E-state index contributed by atoms with van der Waals surface area (Å²) in [5.74, 6) is 0. The van der Waals surface area contributed by atoms with Crippen LogP contribution in [0.25, 0.3) is 0 Å². The van der Waals surface area contributed by atoms with Crippen LogP contribution in [0.3, 0.4) is 0 Å². The van der Waals surface area contributed by atoms with Crippen molar-refractivity contribution in [3.63, 3.8) is 0 Å². The zero-order chi connectivity index (χ0) is 12.3. The molecule has 2 nitrogen and oxygen atoms in total. The second-order valence-corrected chi connectivity index (χ2v) is 8.30. The average molecular weight is 234 g/mol. The lowest BCUT2D eigenvalue weighted by atomic mass is 10.0. The molecule has 0 aromatic rings. The number of rotatable bonds is 6. The molecule has 0 bridgehead atoms. The summed E-state index contributed by atoms with van der Waals surface area (Å²) < 4.78 is 12.7. The van der Waals surface area contributed by atoms with Crippen LogP contribution in [0.15, 0.2) is 0 Å². The third-order valence-corrected chi connectivity index (χ3v) is 8.70. The van der Waals surface area contributed by atoms with E-state index in [4.69, 9.17) is 0 Å². The fraction of sp³-hybridized carbons (Fsp3) is 1.00. The monoisotopic (exact) mass is 234 g/mol. The van der Waals surface area contributed by atoms with Crippen LogP contribution in [0, 0.1) is 0 Å². The van der Waals surface area contributed by atoms with Gasteiger partial charge < -0.3 is 4.89 Å². The molecule has 0 saturated heterocycles. The van der Waals surface area contributed by atoms with Crippen LogP contribution in [0.5, 0.6) is 0 Å². The highest BCUT2D eigenvalue weighted by atomic mass is 31.2. The van der Waals surface area contributed by atoms with Gasteiger partial charge in [0.1, 0.15) is 0 Å². The molecule has 0 amide bonds. The minimum absolute atomic E-state index is 0.423. The van der Waals surface area contributed by atoms with Crippen molar-refractivity contribution in [1.82, 2.24) is 0 Å². The third kappa shape index (κ3) is 2.31. The van der Waals surface area contributed by atoms with Gasteiger partial charge in [0, 0.05) is 10.3 Å². The summed E-state index contributed by atoms with van der Waals surface area (Å²) in [6, 6.07) is 0. The molecule has 0 heterocycles. The Morgan fingerprint density at radius 3 is 1.20 bits per heavy atom. The standard InChI is InChI=1S/C12H27O2P/c1-7-11(5,8-2)15(13,14)12(6,9-3)10-4/h7-10H2,1-6H3,(H,13,14). The zero-order valence-electron chi connectivity index (χ0n) is 11.1. The summed E-state index contributed by atoms with van der Waals surface area (Å²) >= 11 is 0. The van der Waals surface area contributed by atoms with E-state index in [0.717, 1.165) is 25.7 Å². The van der Waals surface area contributed by atoms with E-state index in [1.54, 1.807) is 0 Å². The van der Waals surface area contributed by atoms with Crippen molar-refractivity contribution in [1.29, 1.82) is 0 Å². The van der Waals surface area contributed by atoms with Crippen molar-refractivity contribution >= 4 is 7.37 Å². The lowest BCUT2D eigenvalue weighted by Crippen LogP contribution is -2.35. The number of hydrogen-bond acceptors (Lipinski definition) is 1. The van der Waals surface area contributed by atoms with E-state index in [1.807, 2.05) is 41.5 Å². The lowest BCUT2D eigenvalue weighted by molar-refractivity contribution is 0.364. The van der Waals surface area contributed by atoms with E-state index >= 15 is 0 Å². The van der Waals surface area contributed by atoms with Crippen molar-refractivity contribution in [2.45, 2.75) is 77.5 Å². The van der Waals surface area contributed by atoms with Gasteiger partial charge in [0.05, 0.1) is 0 Å². The van der Waals surface area contributed by atoms with Crippen molar-refractivity contribution in [2.75, 3.05) is 0 Å². The first-order chi connectivity index (χ1) is 6.74. The highest BCUT2D eigenvalue weighted by Crippen LogP contribution is 2.68. The van der Waals surface area contributed by atoms with E-state index in [1.165, 1.54) is 0 Å². The van der Waals surface area contributed by atoms with Crippen LogP contribution in [0.1, 0.15) is 67.2 Å². The minimum Gasteiger partial charge on any atom is -0.344 e. The molecular formula is C12H27O2P. The predicted octanol–water partition coefficient (Wildman–Crippen LogP) is 4.41. The van der Waals surface area contributed by atoms with Crippen LogP contribution < -0.4 is 0 Å². The molecule has 0 unspecified atom stereocenters. The molecule has 0 fully saturated rings. The third-order valence-electron chi connectivity index (χ3n) is 4.51. The second kappa shape index (κ2) is 5.01. The van der Waals surface area contributed by atoms with Crippen molar-refractivity contribution in [3.05, 3.63) is 0 Å². The highest BCUT2D eigenvalue weighted by molar-refractivity contribution is 7.61. The highest BCUT2D eigenvalue weighted by Gasteiger charge is 2.51. The van der Waals surface area contributed by atoms with Crippen molar-refractivity contribution in [3.8, 4) is 0 Å². The largest absolute Gasteiger partial charge is 0.344 e. The van der Waals surface area contributed by atoms with Crippen molar-refractivity contribution < 1.29 is 9.46 Å². The second-order valence-electron chi connectivity index (χ2n) is 4.98. The van der Waals surface area contributed by atoms with Crippen LogP contribution >= 0.6 is 7.37 Å². The lowest BCUT2D eigenvalue weighted by Gasteiger charge is -2.43. The Balaban J connectivity index is 5.36. The fourth-order valence-electron chi connectivity index (χ4n) is 2.01. The van der Waals surface area contributed by atoms with E-state index in [0.29, 0.717) is 0 Å². The van der Waals surface area contributed by atoms with Gasteiger partial charge in [-0.1, -0.05) is 41.5 Å². The van der Waals surface area contributed by atoms with Gasteiger partial charge in [-0.2, -0.15) is 0 Å². The van der Waals surface area contributed by atoms with Crippen LogP contribution in [0.4, 0.5) is 0 Å². The summed E-state index contributed by atoms with van der Waals surface area (Å²) in [5.41, 5.74) is 0. The zero-order valence-corrected chi connectivity index (χ0v) is 12.0. The van der Waals surface area contributed by atoms with E-state index in [9.17, 15) is 9.46 Å². The molecule has 0 aromatic carbocycles. The van der Waals surface area contributed by atoms with Gasteiger partial charge in [0.2, 0.25) is 7.37 Å². The Kier molecular flexibility index (Phi) is 5.08. The molecule has 0 aliphatic rings. The minimum atomic E-state index is -3.14. The Labute approximate surface area is 94.9 Å². The Bertz CT molecular complexity index is 218. The first kappa shape index (κ1) is 15.2. The van der Waals surface area contributed by atoms with Gasteiger partial charge >= 0.3 is 0 Å². The number of hydrogen-bond donors (Lipinski definition) is 1. The van der Waals surface area contributed by atoms with Crippen LogP contribution in [0.2, 0.25) is 0 Å². The van der Waals surface area contributed by atoms with Crippen LogP contribution in [-0.2, 0) is 4.57 Å². The smallest absolute Gasteiger partial charge is 0.211 e. The van der Waals surface area contributed by atoms with Gasteiger partial charge in [-0.3, -0.25) is 4.57 Å². The topological polar surface area (TPSA) is 37.3 Å². The summed E-state index contributed by atoms with van der Waals surface area (Å²) in [6.45, 7) is 12.0. The Morgan fingerprint density at radius 1 is 0.867 bits per heavy atom. The molecule has 0 saturated carbocycles. The molecule has 92 valence electrons. The normalized spacial score (nSPS) is 14.3. The maximum absolute atomic E-state index is 12.7. The van der Waals surface area contributed by atoms with Gasteiger partial charge in [-0.05, 0) is 25.7 Å². The predicted molar refractivity (Wildman–Crippen MR) is 67.8 cm³/mol. The van der Waals surface area contributed by atoms with Gasteiger partial charge in [-0.15, -0.1) is 0 Å². The SMILES string of the molecule is CCC(C)(CC)P(=O)(O)C(C)(CC)CC. The molecule has 0 rings (SSSR count). The molecule has 0 radical (unpaired) electrons. The molecular weight excluding hydrogens is 207 g/mol. The molecule has 0 atom stereocenters. The Morgan fingerprint density at radius 2 is 1.07 bits per heavy atom. The quantitative estimate of drug-likeness (QED) is 0.691. The van der Waals surface area contributed by atoms with Crippen LogP contribution in [-0.4, -0.2) is 15.2 Å². The maximum atomic E-state index is 12.7. The summed E-state index contributed by atoms with van der Waals surface area (Å²) in [4.78, 5) is 10.5. The molecule has 0 spiro atoms. The first-order valence-corrected chi connectivity index (χ1v) is 7.73. The average Bonchev–Trinajstić information content (AvgIpc) is 2.26. The summed E-state index contributed by atoms with van der Waals surface area (Å²) in [7, 11) is -3.14. The van der Waals surface area contributed by atoms with E-state index < -0.39 is 17.7 Å². The van der Waals surface area contributed by atoms with E-state index in [2.05, 4.69) is 0 Å². The fourth-order valence-corrected chi connectivity index (χ4v) is 5.03. The van der Waals surface area contributed by atoms with Gasteiger partial charge in [0.25, 0.3) is 0 Å². The summed E-state index contributed by atoms with van der Waals surface area (Å²) in [5, 5.41) is -0.846. The van der Waals surface area contributed by atoms with Gasteiger partial charge in [0.15, 0.2) is 0 Å². The first-order valence-electron chi connectivity index (χ1n) is 6.07. The summed E-state index contributed by atoms with van der Waals surface area (Å²) in [6.07, 6.45) is 3.08. The molecule has 15 heavy (non-hydrogen) atoms. The maximum Gasteiger partial charge on any atom is 0.211 e. The molecule has 0 aromatic heterocycles. The molecule has 3 heteroatoms. The Hall–Kier alpha value is 0.190.